The molecule has 4 nitrogen and oxygen atoms in total. The fourth-order valence-electron chi connectivity index (χ4n) is 4.22. The maximum atomic E-state index is 5.79. The Hall–Kier alpha value is -3.24. The van der Waals surface area contributed by atoms with E-state index in [1.54, 1.807) is 6.26 Å². The van der Waals surface area contributed by atoms with Crippen molar-refractivity contribution in [3.05, 3.63) is 96.5 Å². The molecule has 1 aliphatic heterocycles. The Labute approximate surface area is 170 Å². The molecule has 0 saturated carbocycles. The molecule has 144 valence electrons. The maximum Gasteiger partial charge on any atom is 0.226 e. The zero-order valence-corrected chi connectivity index (χ0v) is 16.2. The van der Waals surface area contributed by atoms with E-state index in [-0.39, 0.29) is 0 Å². The van der Waals surface area contributed by atoms with Gasteiger partial charge in [0.1, 0.15) is 12.0 Å². The van der Waals surface area contributed by atoms with Crippen LogP contribution in [0.3, 0.4) is 0 Å². The van der Waals surface area contributed by atoms with E-state index in [1.165, 1.54) is 11.1 Å². The van der Waals surface area contributed by atoms with Crippen LogP contribution < -0.4 is 5.32 Å². The van der Waals surface area contributed by atoms with Gasteiger partial charge >= 0.3 is 0 Å². The molecule has 2 aromatic heterocycles. The van der Waals surface area contributed by atoms with Crippen LogP contribution in [-0.4, -0.2) is 16.5 Å². The van der Waals surface area contributed by atoms with Crippen molar-refractivity contribution in [3.8, 4) is 22.7 Å². The first-order valence-electron chi connectivity index (χ1n) is 10.1. The van der Waals surface area contributed by atoms with Gasteiger partial charge in [-0.05, 0) is 54.6 Å². The van der Waals surface area contributed by atoms with Gasteiger partial charge in [0, 0.05) is 29.6 Å². The summed E-state index contributed by atoms with van der Waals surface area (Å²) in [5, 5.41) is 3.67. The molecule has 2 unspecified atom stereocenters. The van der Waals surface area contributed by atoms with Crippen molar-refractivity contribution >= 4 is 0 Å². The molecule has 4 aromatic rings. The molecule has 1 fully saturated rings. The average Bonchev–Trinajstić information content (AvgIpc) is 3.31. The standard InChI is InChI=1S/C25H23N3O/c1-3-7-18(8-4-1)23-15-20(11-14-27-23)22-16-26-13-12-21(22)24-17-29-25(28-24)19-9-5-2-6-10-19/h1-10,12-13,16-17,20,23,27H,11,14-15H2. The van der Waals surface area contributed by atoms with E-state index in [0.717, 1.165) is 36.2 Å². The van der Waals surface area contributed by atoms with Gasteiger partial charge in [0.15, 0.2) is 0 Å². The summed E-state index contributed by atoms with van der Waals surface area (Å²) in [4.78, 5) is 9.20. The molecule has 2 atom stereocenters. The van der Waals surface area contributed by atoms with Crippen molar-refractivity contribution in [2.45, 2.75) is 24.8 Å². The van der Waals surface area contributed by atoms with Gasteiger partial charge in [0.2, 0.25) is 5.89 Å². The molecule has 2 aromatic carbocycles. The normalized spacial score (nSPS) is 19.2. The lowest BCUT2D eigenvalue weighted by Crippen LogP contribution is -2.31. The highest BCUT2D eigenvalue weighted by Crippen LogP contribution is 2.38. The van der Waals surface area contributed by atoms with Crippen LogP contribution in [0.1, 0.15) is 35.9 Å². The molecule has 0 amide bonds. The number of oxazole rings is 1. The third kappa shape index (κ3) is 3.71. The van der Waals surface area contributed by atoms with Gasteiger partial charge in [-0.15, -0.1) is 0 Å². The molecule has 5 rings (SSSR count). The summed E-state index contributed by atoms with van der Waals surface area (Å²) in [6.07, 6.45) is 7.74. The van der Waals surface area contributed by atoms with Gasteiger partial charge in [-0.25, -0.2) is 4.98 Å². The van der Waals surface area contributed by atoms with E-state index >= 15 is 0 Å². The van der Waals surface area contributed by atoms with Crippen LogP contribution >= 0.6 is 0 Å². The van der Waals surface area contributed by atoms with Crippen LogP contribution in [0.2, 0.25) is 0 Å². The molecule has 0 aliphatic carbocycles. The van der Waals surface area contributed by atoms with Crippen LogP contribution in [0.4, 0.5) is 0 Å². The highest BCUT2D eigenvalue weighted by atomic mass is 16.3. The SMILES string of the molecule is c1ccc(-c2nc(-c3ccncc3C3CCNC(c4ccccc4)C3)co2)cc1. The molecule has 0 bridgehead atoms. The predicted octanol–water partition coefficient (Wildman–Crippen LogP) is 5.61. The fourth-order valence-corrected chi connectivity index (χ4v) is 4.22. The first-order chi connectivity index (χ1) is 14.4. The third-order valence-corrected chi connectivity index (χ3v) is 5.70. The minimum Gasteiger partial charge on any atom is -0.444 e. The van der Waals surface area contributed by atoms with Crippen molar-refractivity contribution in [2.75, 3.05) is 6.54 Å². The van der Waals surface area contributed by atoms with Gasteiger partial charge in [0.25, 0.3) is 0 Å². The summed E-state index contributed by atoms with van der Waals surface area (Å²) in [5.41, 5.74) is 5.57. The number of nitrogens with one attached hydrogen (secondary N) is 1. The Bertz CT molecular complexity index is 1080. The minimum atomic E-state index is 0.361. The van der Waals surface area contributed by atoms with Crippen LogP contribution in [-0.2, 0) is 0 Å². The van der Waals surface area contributed by atoms with Gasteiger partial charge in [-0.2, -0.15) is 0 Å². The largest absolute Gasteiger partial charge is 0.444 e. The minimum absolute atomic E-state index is 0.361. The fraction of sp³-hybridized carbons (Fsp3) is 0.200. The van der Waals surface area contributed by atoms with E-state index in [1.807, 2.05) is 42.7 Å². The Morgan fingerprint density at radius 2 is 1.72 bits per heavy atom. The molecule has 1 saturated heterocycles. The van der Waals surface area contributed by atoms with Crippen LogP contribution in [0.15, 0.2) is 89.8 Å². The number of nitrogens with zero attached hydrogens (tertiary/aromatic N) is 2. The predicted molar refractivity (Wildman–Crippen MR) is 114 cm³/mol. The monoisotopic (exact) mass is 381 g/mol. The molecule has 4 heteroatoms. The second-order valence-electron chi connectivity index (χ2n) is 7.51. The summed E-state index contributed by atoms with van der Waals surface area (Å²) < 4.78 is 5.79. The summed E-state index contributed by atoms with van der Waals surface area (Å²) in [6.45, 7) is 0.993. The third-order valence-electron chi connectivity index (χ3n) is 5.70. The quantitative estimate of drug-likeness (QED) is 0.499. The summed E-state index contributed by atoms with van der Waals surface area (Å²) in [7, 11) is 0. The molecule has 29 heavy (non-hydrogen) atoms. The Kier molecular flexibility index (Phi) is 4.93. The Balaban J connectivity index is 1.45. The molecule has 1 aliphatic rings. The zero-order valence-electron chi connectivity index (χ0n) is 16.2. The number of hydrogen-bond donors (Lipinski definition) is 1. The van der Waals surface area contributed by atoms with Gasteiger partial charge < -0.3 is 9.73 Å². The van der Waals surface area contributed by atoms with E-state index in [2.05, 4.69) is 46.7 Å². The lowest BCUT2D eigenvalue weighted by atomic mass is 9.82. The summed E-state index contributed by atoms with van der Waals surface area (Å²) in [6, 6.07) is 23.1. The topological polar surface area (TPSA) is 51.0 Å². The highest BCUT2D eigenvalue weighted by Gasteiger charge is 2.26. The van der Waals surface area contributed by atoms with Crippen LogP contribution in [0.25, 0.3) is 22.7 Å². The van der Waals surface area contributed by atoms with Crippen molar-refractivity contribution < 1.29 is 4.42 Å². The van der Waals surface area contributed by atoms with E-state index in [9.17, 15) is 0 Å². The van der Waals surface area contributed by atoms with E-state index in [4.69, 9.17) is 9.40 Å². The number of pyridine rings is 1. The molecular weight excluding hydrogens is 358 g/mol. The van der Waals surface area contributed by atoms with Gasteiger partial charge in [-0.3, -0.25) is 4.98 Å². The molecule has 0 spiro atoms. The highest BCUT2D eigenvalue weighted by molar-refractivity contribution is 5.66. The molecule has 0 radical (unpaired) electrons. The first-order valence-corrected chi connectivity index (χ1v) is 10.1. The van der Waals surface area contributed by atoms with Crippen molar-refractivity contribution in [1.82, 2.24) is 15.3 Å². The van der Waals surface area contributed by atoms with Crippen molar-refractivity contribution in [2.24, 2.45) is 0 Å². The van der Waals surface area contributed by atoms with Crippen molar-refractivity contribution in [3.63, 3.8) is 0 Å². The Morgan fingerprint density at radius 3 is 2.55 bits per heavy atom. The lowest BCUT2D eigenvalue weighted by Gasteiger charge is -2.31. The summed E-state index contributed by atoms with van der Waals surface area (Å²) in [5.74, 6) is 1.08. The smallest absolute Gasteiger partial charge is 0.226 e. The lowest BCUT2D eigenvalue weighted by molar-refractivity contribution is 0.370. The second kappa shape index (κ2) is 8.02. The maximum absolute atomic E-state index is 5.79. The number of benzene rings is 2. The molecule has 1 N–H and O–H groups in total. The zero-order chi connectivity index (χ0) is 19.5. The van der Waals surface area contributed by atoms with E-state index in [0.29, 0.717) is 17.9 Å². The first kappa shape index (κ1) is 17.8. The van der Waals surface area contributed by atoms with E-state index < -0.39 is 0 Å². The number of rotatable bonds is 4. The van der Waals surface area contributed by atoms with Gasteiger partial charge in [0.05, 0.1) is 0 Å². The molecular formula is C25H23N3O. The second-order valence-corrected chi connectivity index (χ2v) is 7.51. The summed E-state index contributed by atoms with van der Waals surface area (Å²) >= 11 is 0. The van der Waals surface area contributed by atoms with Crippen LogP contribution in [0.5, 0.6) is 0 Å². The Morgan fingerprint density at radius 1 is 0.931 bits per heavy atom. The average molecular weight is 381 g/mol. The van der Waals surface area contributed by atoms with Crippen molar-refractivity contribution in [1.29, 1.82) is 0 Å². The number of piperidine rings is 1. The molecule has 3 heterocycles. The van der Waals surface area contributed by atoms with Crippen LogP contribution in [0, 0.1) is 0 Å². The number of hydrogen-bond acceptors (Lipinski definition) is 4. The number of aromatic nitrogens is 2. The van der Waals surface area contributed by atoms with Gasteiger partial charge in [-0.1, -0.05) is 48.5 Å².